The molecule has 2 N–H and O–H groups in total. The van der Waals surface area contributed by atoms with Crippen LogP contribution >= 0.6 is 0 Å². The van der Waals surface area contributed by atoms with Gasteiger partial charge in [-0.1, -0.05) is 12.1 Å². The molecule has 1 saturated carbocycles. The van der Waals surface area contributed by atoms with Gasteiger partial charge in [0.25, 0.3) is 0 Å². The summed E-state index contributed by atoms with van der Waals surface area (Å²) in [7, 11) is 0. The third-order valence-corrected chi connectivity index (χ3v) is 3.83. The molecule has 1 aliphatic carbocycles. The van der Waals surface area contributed by atoms with Crippen LogP contribution in [-0.4, -0.2) is 33.5 Å². The van der Waals surface area contributed by atoms with Crippen molar-refractivity contribution in [1.82, 2.24) is 4.57 Å². The summed E-state index contributed by atoms with van der Waals surface area (Å²) in [5, 5.41) is 19.4. The highest BCUT2D eigenvalue weighted by Gasteiger charge is 2.26. The van der Waals surface area contributed by atoms with E-state index in [9.17, 15) is 9.90 Å². The molecule has 3 rings (SSSR count). The number of carboxylic acids is 1. The van der Waals surface area contributed by atoms with Crippen LogP contribution in [0.4, 0.5) is 0 Å². The van der Waals surface area contributed by atoms with Gasteiger partial charge in [0.15, 0.2) is 0 Å². The lowest BCUT2D eigenvalue weighted by Gasteiger charge is -2.15. The van der Waals surface area contributed by atoms with Crippen molar-refractivity contribution < 1.29 is 19.7 Å². The number of rotatable bonds is 6. The molecule has 0 aliphatic heterocycles. The number of hydrogen-bond donors (Lipinski definition) is 2. The van der Waals surface area contributed by atoms with Gasteiger partial charge in [0.1, 0.15) is 17.5 Å². The summed E-state index contributed by atoms with van der Waals surface area (Å²) in [5.41, 5.74) is 1.10. The maximum atomic E-state index is 11.5. The van der Waals surface area contributed by atoms with Crippen LogP contribution in [0.3, 0.4) is 0 Å². The van der Waals surface area contributed by atoms with Crippen LogP contribution in [0.5, 0.6) is 5.75 Å². The lowest BCUT2D eigenvalue weighted by molar-refractivity contribution is 0.0685. The van der Waals surface area contributed by atoms with E-state index < -0.39 is 5.97 Å². The van der Waals surface area contributed by atoms with Crippen LogP contribution in [0.1, 0.15) is 30.3 Å². The lowest BCUT2D eigenvalue weighted by Crippen LogP contribution is -2.17. The molecule has 0 saturated heterocycles. The van der Waals surface area contributed by atoms with Crippen LogP contribution in [0.2, 0.25) is 0 Å². The van der Waals surface area contributed by atoms with E-state index >= 15 is 0 Å². The predicted octanol–water partition coefficient (Wildman–Crippen LogP) is 2.51. The summed E-state index contributed by atoms with van der Waals surface area (Å²) in [6, 6.07) is 7.25. The van der Waals surface area contributed by atoms with Gasteiger partial charge in [0.2, 0.25) is 0 Å². The van der Waals surface area contributed by atoms with Crippen LogP contribution in [0, 0.1) is 5.92 Å². The van der Waals surface area contributed by atoms with Gasteiger partial charge in [-0.2, -0.15) is 0 Å². The van der Waals surface area contributed by atoms with Crippen LogP contribution in [0.15, 0.2) is 24.3 Å². The molecule has 21 heavy (non-hydrogen) atoms. The Bertz CT molecular complexity index is 672. The fourth-order valence-electron chi connectivity index (χ4n) is 2.56. The Balaban J connectivity index is 2.12. The number of aliphatic hydroxyl groups excluding tert-OH is 1. The Morgan fingerprint density at radius 2 is 2.24 bits per heavy atom. The van der Waals surface area contributed by atoms with Crippen molar-refractivity contribution in [3.63, 3.8) is 0 Å². The summed E-state index contributed by atoms with van der Waals surface area (Å²) in [5.74, 6) is 0.261. The molecule has 112 valence electrons. The van der Waals surface area contributed by atoms with E-state index in [2.05, 4.69) is 0 Å². The topological polar surface area (TPSA) is 71.7 Å². The van der Waals surface area contributed by atoms with E-state index in [1.165, 1.54) is 0 Å². The highest BCUT2D eigenvalue weighted by atomic mass is 16.5. The van der Waals surface area contributed by atoms with Gasteiger partial charge < -0.3 is 19.5 Å². The van der Waals surface area contributed by atoms with E-state index in [-0.39, 0.29) is 12.7 Å². The molecule has 1 fully saturated rings. The number of hydrogen-bond acceptors (Lipinski definition) is 3. The zero-order chi connectivity index (χ0) is 15.0. The van der Waals surface area contributed by atoms with Crippen LogP contribution in [0.25, 0.3) is 10.9 Å². The SMILES string of the molecule is CC(CO)Oc1cccc2cc(C(=O)O)n(CC3CC3)c12. The second-order valence-corrected chi connectivity index (χ2v) is 5.69. The monoisotopic (exact) mass is 289 g/mol. The highest BCUT2D eigenvalue weighted by Crippen LogP contribution is 2.36. The van der Waals surface area contributed by atoms with Crippen molar-refractivity contribution in [1.29, 1.82) is 0 Å². The van der Waals surface area contributed by atoms with Crippen molar-refractivity contribution in [2.24, 2.45) is 5.92 Å². The number of fused-ring (bicyclic) bond motifs is 1. The van der Waals surface area contributed by atoms with Crippen molar-refractivity contribution in [2.45, 2.75) is 32.4 Å². The number of carbonyl (C=O) groups is 1. The largest absolute Gasteiger partial charge is 0.486 e. The first-order chi connectivity index (χ1) is 10.1. The lowest BCUT2D eigenvalue weighted by atomic mass is 10.2. The first-order valence-corrected chi connectivity index (χ1v) is 7.23. The van der Waals surface area contributed by atoms with E-state index in [0.717, 1.165) is 23.7 Å². The second-order valence-electron chi connectivity index (χ2n) is 5.69. The number of nitrogens with zero attached hydrogens (tertiary/aromatic N) is 1. The number of carboxylic acid groups (broad SMARTS) is 1. The maximum absolute atomic E-state index is 11.5. The van der Waals surface area contributed by atoms with Gasteiger partial charge in [0, 0.05) is 11.9 Å². The standard InChI is InChI=1S/C16H19NO4/c1-10(9-18)21-14-4-2-3-12-7-13(16(19)20)17(15(12)14)8-11-5-6-11/h2-4,7,10-11,18H,5-6,8-9H2,1H3,(H,19,20). The maximum Gasteiger partial charge on any atom is 0.352 e. The average Bonchev–Trinajstić information content (AvgIpc) is 3.19. The number of aliphatic hydroxyl groups is 1. The number of aromatic carboxylic acids is 1. The Kier molecular flexibility index (Phi) is 3.59. The zero-order valence-electron chi connectivity index (χ0n) is 12.0. The van der Waals surface area contributed by atoms with Crippen molar-refractivity contribution in [2.75, 3.05) is 6.61 Å². The Hall–Kier alpha value is -2.01. The van der Waals surface area contributed by atoms with Gasteiger partial charge in [-0.3, -0.25) is 0 Å². The van der Waals surface area contributed by atoms with Gasteiger partial charge in [-0.25, -0.2) is 4.79 Å². The van der Waals surface area contributed by atoms with Gasteiger partial charge in [-0.05, 0) is 37.8 Å². The van der Waals surface area contributed by atoms with E-state index in [1.807, 2.05) is 22.8 Å². The van der Waals surface area contributed by atoms with E-state index in [4.69, 9.17) is 9.84 Å². The first-order valence-electron chi connectivity index (χ1n) is 7.23. The van der Waals surface area contributed by atoms with Gasteiger partial charge >= 0.3 is 5.97 Å². The Morgan fingerprint density at radius 3 is 2.86 bits per heavy atom. The van der Waals surface area contributed by atoms with Crippen molar-refractivity contribution in [3.05, 3.63) is 30.0 Å². The molecule has 1 aromatic heterocycles. The molecule has 1 unspecified atom stereocenters. The minimum atomic E-state index is -0.923. The molecule has 5 nitrogen and oxygen atoms in total. The normalized spacial score (nSPS) is 16.1. The molecule has 0 bridgehead atoms. The summed E-state index contributed by atoms with van der Waals surface area (Å²) in [6.45, 7) is 2.41. The molecule has 0 radical (unpaired) electrons. The third-order valence-electron chi connectivity index (χ3n) is 3.83. The van der Waals surface area contributed by atoms with E-state index in [0.29, 0.717) is 23.9 Å². The molecule has 1 heterocycles. The Morgan fingerprint density at radius 1 is 1.48 bits per heavy atom. The molecule has 0 amide bonds. The van der Waals surface area contributed by atoms with Crippen LogP contribution in [-0.2, 0) is 6.54 Å². The highest BCUT2D eigenvalue weighted by molar-refractivity contribution is 5.96. The first kappa shape index (κ1) is 13.9. The number of ether oxygens (including phenoxy) is 1. The molecule has 1 aromatic carbocycles. The Labute approximate surface area is 122 Å². The fraction of sp³-hybridized carbons (Fsp3) is 0.438. The number of para-hydroxylation sites is 1. The molecule has 1 atom stereocenters. The molecule has 5 heteroatoms. The average molecular weight is 289 g/mol. The fourth-order valence-corrected chi connectivity index (χ4v) is 2.56. The van der Waals surface area contributed by atoms with Crippen LogP contribution < -0.4 is 4.74 Å². The summed E-state index contributed by atoms with van der Waals surface area (Å²) in [6.07, 6.45) is 1.97. The number of benzene rings is 1. The van der Waals surface area contributed by atoms with Gasteiger partial charge in [-0.15, -0.1) is 0 Å². The molecular formula is C16H19NO4. The molecule has 2 aromatic rings. The zero-order valence-corrected chi connectivity index (χ0v) is 12.0. The van der Waals surface area contributed by atoms with Gasteiger partial charge in [0.05, 0.1) is 12.1 Å². The summed E-state index contributed by atoms with van der Waals surface area (Å²) in [4.78, 5) is 11.5. The summed E-state index contributed by atoms with van der Waals surface area (Å²) < 4.78 is 7.59. The second kappa shape index (κ2) is 5.41. The molecular weight excluding hydrogens is 270 g/mol. The smallest absolute Gasteiger partial charge is 0.352 e. The van der Waals surface area contributed by atoms with Crippen molar-refractivity contribution in [3.8, 4) is 5.75 Å². The minimum absolute atomic E-state index is 0.0779. The summed E-state index contributed by atoms with van der Waals surface area (Å²) >= 11 is 0. The third kappa shape index (κ3) is 2.74. The molecule has 0 spiro atoms. The predicted molar refractivity (Wildman–Crippen MR) is 78.8 cm³/mol. The van der Waals surface area contributed by atoms with Crippen molar-refractivity contribution >= 4 is 16.9 Å². The van der Waals surface area contributed by atoms with E-state index in [1.54, 1.807) is 13.0 Å². The molecule has 1 aliphatic rings. The minimum Gasteiger partial charge on any atom is -0.486 e. The number of aromatic nitrogens is 1. The quantitative estimate of drug-likeness (QED) is 0.857.